The Hall–Kier alpha value is -3.86. The number of aliphatic carboxylic acids is 1. The molecule has 0 bridgehead atoms. The van der Waals surface area contributed by atoms with Crippen LogP contribution in [0.3, 0.4) is 0 Å². The quantitative estimate of drug-likeness (QED) is 0.165. The lowest BCUT2D eigenvalue weighted by Crippen LogP contribution is -2.49. The summed E-state index contributed by atoms with van der Waals surface area (Å²) in [7, 11) is -0.296. The van der Waals surface area contributed by atoms with Gasteiger partial charge in [-0.15, -0.1) is 0 Å². The molecule has 4 aromatic rings. The van der Waals surface area contributed by atoms with Crippen LogP contribution in [0.2, 0.25) is 25.7 Å². The first-order chi connectivity index (χ1) is 19.2. The van der Waals surface area contributed by atoms with Crippen molar-refractivity contribution in [1.82, 2.24) is 14.5 Å². The van der Waals surface area contributed by atoms with Crippen LogP contribution < -0.4 is 4.74 Å². The number of aromatic amines is 1. The second kappa shape index (κ2) is 11.2. The first-order valence-corrected chi connectivity index (χ1v) is 16.5. The van der Waals surface area contributed by atoms with Crippen LogP contribution in [0, 0.1) is 18.3 Å². The minimum atomic E-state index is -5.23. The molecule has 2 heterocycles. The first kappa shape index (κ1) is 30.1. The van der Waals surface area contributed by atoms with E-state index in [1.165, 1.54) is 48.2 Å². The maximum atomic E-state index is 15.7. The van der Waals surface area contributed by atoms with Crippen LogP contribution in [0.15, 0.2) is 36.5 Å². The van der Waals surface area contributed by atoms with Crippen LogP contribution in [0.4, 0.5) is 13.2 Å². The average molecular weight is 589 g/mol. The Morgan fingerprint density at radius 3 is 2.56 bits per heavy atom. The van der Waals surface area contributed by atoms with Crippen molar-refractivity contribution in [2.75, 3.05) is 20.3 Å². The Balaban J connectivity index is 2.10. The van der Waals surface area contributed by atoms with Crippen molar-refractivity contribution in [2.24, 2.45) is 0 Å². The summed E-state index contributed by atoms with van der Waals surface area (Å²) in [4.78, 5) is 19.0. The SMILES string of the molecule is COc1cc(C)c2[nH]ccc2c1C(OCC(=O)O)(c1nc2ccc(C#N)cc2n1COCC[Si](C)(C)C)C(F)(F)F. The molecule has 0 radical (unpaired) electrons. The van der Waals surface area contributed by atoms with E-state index in [2.05, 4.69) is 29.6 Å². The van der Waals surface area contributed by atoms with Crippen LogP contribution in [0.25, 0.3) is 21.9 Å². The van der Waals surface area contributed by atoms with Crippen molar-refractivity contribution in [3.63, 3.8) is 0 Å². The number of alkyl halides is 3. The van der Waals surface area contributed by atoms with Gasteiger partial charge in [-0.2, -0.15) is 18.4 Å². The lowest BCUT2D eigenvalue weighted by molar-refractivity contribution is -0.270. The molecule has 0 aliphatic rings. The molecule has 2 aromatic carbocycles. The number of benzene rings is 2. The number of nitrogens with zero attached hydrogens (tertiary/aromatic N) is 3. The van der Waals surface area contributed by atoms with Gasteiger partial charge in [-0.1, -0.05) is 19.6 Å². The minimum absolute atomic E-state index is 0.125. The molecule has 0 fully saturated rings. The second-order valence-corrected chi connectivity index (χ2v) is 16.5. The number of carboxylic acids is 1. The number of imidazole rings is 1. The number of hydrogen-bond donors (Lipinski definition) is 2. The number of H-pyrrole nitrogens is 1. The van der Waals surface area contributed by atoms with Gasteiger partial charge in [0.05, 0.1) is 35.3 Å². The smallest absolute Gasteiger partial charge is 0.429 e. The summed E-state index contributed by atoms with van der Waals surface area (Å²) in [5.74, 6) is -2.40. The maximum Gasteiger partial charge on any atom is 0.429 e. The average Bonchev–Trinajstić information content (AvgIpc) is 3.51. The number of fused-ring (bicyclic) bond motifs is 2. The zero-order valence-corrected chi connectivity index (χ0v) is 24.3. The zero-order chi connectivity index (χ0) is 30.2. The molecule has 218 valence electrons. The molecular weight excluding hydrogens is 557 g/mol. The number of methoxy groups -OCH3 is 1. The second-order valence-electron chi connectivity index (χ2n) is 10.9. The monoisotopic (exact) mass is 588 g/mol. The number of aryl methyl sites for hydroxylation is 1. The predicted molar refractivity (Wildman–Crippen MR) is 149 cm³/mol. The molecule has 1 atom stereocenters. The van der Waals surface area contributed by atoms with Crippen molar-refractivity contribution in [2.45, 2.75) is 51.1 Å². The Morgan fingerprint density at radius 2 is 1.95 bits per heavy atom. The normalized spacial score (nSPS) is 13.8. The van der Waals surface area contributed by atoms with Gasteiger partial charge in [0.1, 0.15) is 19.1 Å². The number of nitriles is 1. The molecular formula is C28H31F3N4O5Si. The van der Waals surface area contributed by atoms with Crippen LogP contribution in [-0.2, 0) is 26.6 Å². The lowest BCUT2D eigenvalue weighted by atomic mass is 9.86. The largest absolute Gasteiger partial charge is 0.496 e. The fourth-order valence-corrected chi connectivity index (χ4v) is 5.55. The molecule has 0 spiro atoms. The van der Waals surface area contributed by atoms with Crippen LogP contribution in [0.1, 0.15) is 22.5 Å². The van der Waals surface area contributed by atoms with Gasteiger partial charge in [-0.3, -0.25) is 0 Å². The van der Waals surface area contributed by atoms with Gasteiger partial charge >= 0.3 is 12.1 Å². The third-order valence-electron chi connectivity index (χ3n) is 6.80. The van der Waals surface area contributed by atoms with Crippen LogP contribution in [-0.4, -0.2) is 60.2 Å². The van der Waals surface area contributed by atoms with E-state index in [1.807, 2.05) is 6.07 Å². The molecule has 4 rings (SSSR count). The summed E-state index contributed by atoms with van der Waals surface area (Å²) in [6.45, 7) is 6.81. The van der Waals surface area contributed by atoms with E-state index in [-0.39, 0.29) is 41.1 Å². The van der Waals surface area contributed by atoms with Gasteiger partial charge in [0.25, 0.3) is 5.60 Å². The summed E-state index contributed by atoms with van der Waals surface area (Å²) < 4.78 is 65.2. The summed E-state index contributed by atoms with van der Waals surface area (Å²) in [5, 5.41) is 19.1. The first-order valence-electron chi connectivity index (χ1n) is 12.8. The molecule has 1 unspecified atom stereocenters. The number of rotatable bonds is 11. The Kier molecular flexibility index (Phi) is 8.22. The van der Waals surface area contributed by atoms with E-state index in [0.29, 0.717) is 11.1 Å². The summed E-state index contributed by atoms with van der Waals surface area (Å²) in [5.41, 5.74) is -2.28. The Morgan fingerprint density at radius 1 is 1.22 bits per heavy atom. The Bertz CT molecular complexity index is 1630. The molecule has 0 aliphatic heterocycles. The highest BCUT2D eigenvalue weighted by Gasteiger charge is 2.64. The third kappa shape index (κ3) is 5.68. The maximum absolute atomic E-state index is 15.7. The van der Waals surface area contributed by atoms with E-state index < -0.39 is 43.8 Å². The Labute approximate surface area is 235 Å². The number of hydrogen-bond acceptors (Lipinski definition) is 6. The summed E-state index contributed by atoms with van der Waals surface area (Å²) in [6, 6.07) is 9.95. The predicted octanol–water partition coefficient (Wildman–Crippen LogP) is 5.93. The van der Waals surface area contributed by atoms with Gasteiger partial charge in [-0.05, 0) is 48.9 Å². The van der Waals surface area contributed by atoms with E-state index in [0.717, 1.165) is 6.04 Å². The van der Waals surface area contributed by atoms with Crippen molar-refractivity contribution in [3.05, 3.63) is 59.0 Å². The molecule has 0 saturated carbocycles. The van der Waals surface area contributed by atoms with Crippen molar-refractivity contribution in [3.8, 4) is 11.8 Å². The number of ether oxygens (including phenoxy) is 3. The third-order valence-corrected chi connectivity index (χ3v) is 8.50. The van der Waals surface area contributed by atoms with Crippen molar-refractivity contribution in [1.29, 1.82) is 5.26 Å². The fourth-order valence-electron chi connectivity index (χ4n) is 4.80. The van der Waals surface area contributed by atoms with Crippen molar-refractivity contribution < 1.29 is 37.3 Å². The zero-order valence-electron chi connectivity index (χ0n) is 23.3. The summed E-state index contributed by atoms with van der Waals surface area (Å²) in [6.07, 6.45) is -3.74. The lowest BCUT2D eigenvalue weighted by Gasteiger charge is -2.36. The standard InChI is InChI=1S/C28H31F3N4O5Si/c1-17-12-22(38-2)24(19-8-9-33-25(17)19)27(28(29,30)31,40-15-23(36)37)26-34-20-7-6-18(14-32)13-21(20)35(26)16-39-10-11-41(3,4)5/h6-9,12-13,33H,10-11,15-16H2,1-5H3,(H,36,37). The van der Waals surface area contributed by atoms with E-state index in [4.69, 9.17) is 14.2 Å². The fraction of sp³-hybridized carbons (Fsp3) is 0.393. The molecule has 0 saturated heterocycles. The number of halogens is 3. The molecule has 9 nitrogen and oxygen atoms in total. The van der Waals surface area contributed by atoms with Crippen LogP contribution in [0.5, 0.6) is 5.75 Å². The molecule has 41 heavy (non-hydrogen) atoms. The minimum Gasteiger partial charge on any atom is -0.496 e. The van der Waals surface area contributed by atoms with Gasteiger partial charge in [0, 0.05) is 31.8 Å². The molecule has 2 aromatic heterocycles. The van der Waals surface area contributed by atoms with Crippen LogP contribution >= 0.6 is 0 Å². The molecule has 2 N–H and O–H groups in total. The van der Waals surface area contributed by atoms with Gasteiger partial charge < -0.3 is 28.9 Å². The van der Waals surface area contributed by atoms with Gasteiger partial charge in [0.15, 0.2) is 5.82 Å². The summed E-state index contributed by atoms with van der Waals surface area (Å²) >= 11 is 0. The highest BCUT2D eigenvalue weighted by molar-refractivity contribution is 6.76. The molecule has 13 heteroatoms. The topological polar surface area (TPSA) is 122 Å². The van der Waals surface area contributed by atoms with Gasteiger partial charge in [-0.25, -0.2) is 9.78 Å². The van der Waals surface area contributed by atoms with E-state index in [1.54, 1.807) is 6.92 Å². The highest BCUT2D eigenvalue weighted by Crippen LogP contribution is 2.53. The highest BCUT2D eigenvalue weighted by atomic mass is 28.3. The molecule has 0 aliphatic carbocycles. The van der Waals surface area contributed by atoms with E-state index >= 15 is 13.2 Å². The number of carbonyl (C=O) groups is 1. The van der Waals surface area contributed by atoms with E-state index in [9.17, 15) is 15.2 Å². The number of aromatic nitrogens is 3. The number of nitrogens with one attached hydrogen (secondary N) is 1. The van der Waals surface area contributed by atoms with Crippen molar-refractivity contribution >= 4 is 36.0 Å². The van der Waals surface area contributed by atoms with Gasteiger partial charge in [0.2, 0.25) is 0 Å². The number of carboxylic acid groups (broad SMARTS) is 1. The molecule has 0 amide bonds.